The number of amides is 2. The van der Waals surface area contributed by atoms with Gasteiger partial charge in [0.15, 0.2) is 11.4 Å². The average Bonchev–Trinajstić information content (AvgIpc) is 3.56. The summed E-state index contributed by atoms with van der Waals surface area (Å²) in [5, 5.41) is 2.61. The Labute approximate surface area is 230 Å². The summed E-state index contributed by atoms with van der Waals surface area (Å²) >= 11 is 5.88. The maximum absolute atomic E-state index is 14.4. The van der Waals surface area contributed by atoms with Crippen molar-refractivity contribution in [3.05, 3.63) is 98.2 Å². The number of ether oxygens (including phenoxy) is 1. The molecule has 0 radical (unpaired) electrons. The van der Waals surface area contributed by atoms with Crippen molar-refractivity contribution in [3.8, 4) is 5.75 Å². The van der Waals surface area contributed by atoms with Crippen LogP contribution >= 0.6 is 11.6 Å². The zero-order valence-electron chi connectivity index (χ0n) is 21.5. The van der Waals surface area contributed by atoms with E-state index in [2.05, 4.69) is 5.32 Å². The molecule has 202 valence electrons. The van der Waals surface area contributed by atoms with E-state index in [4.69, 9.17) is 16.3 Å². The second kappa shape index (κ2) is 10.2. The van der Waals surface area contributed by atoms with Crippen molar-refractivity contribution in [1.82, 2.24) is 14.8 Å². The van der Waals surface area contributed by atoms with Crippen molar-refractivity contribution in [1.29, 1.82) is 0 Å². The van der Waals surface area contributed by atoms with Gasteiger partial charge in [-0.3, -0.25) is 14.4 Å². The van der Waals surface area contributed by atoms with Crippen molar-refractivity contribution in [2.45, 2.75) is 51.4 Å². The van der Waals surface area contributed by atoms with Gasteiger partial charge in [-0.25, -0.2) is 4.39 Å². The molecule has 1 aromatic heterocycles. The highest BCUT2D eigenvalue weighted by atomic mass is 35.5. The van der Waals surface area contributed by atoms with E-state index in [0.29, 0.717) is 18.4 Å². The van der Waals surface area contributed by atoms with Gasteiger partial charge in [0.1, 0.15) is 18.0 Å². The number of nitrogens with one attached hydrogen (secondary N) is 1. The van der Waals surface area contributed by atoms with Gasteiger partial charge in [-0.15, -0.1) is 0 Å². The molecule has 2 aliphatic carbocycles. The lowest BCUT2D eigenvalue weighted by molar-refractivity contribution is 0.0410. The molecule has 39 heavy (non-hydrogen) atoms. The molecule has 0 spiro atoms. The van der Waals surface area contributed by atoms with E-state index in [1.54, 1.807) is 6.07 Å². The van der Waals surface area contributed by atoms with Gasteiger partial charge >= 0.3 is 0 Å². The summed E-state index contributed by atoms with van der Waals surface area (Å²) in [5.41, 5.74) is 0.437. The van der Waals surface area contributed by atoms with Gasteiger partial charge in [0, 0.05) is 24.8 Å². The van der Waals surface area contributed by atoms with Gasteiger partial charge in [0.2, 0.25) is 5.43 Å². The number of benzene rings is 2. The number of hydrogen-bond donors (Lipinski definition) is 1. The molecule has 2 heterocycles. The Kier molecular flexibility index (Phi) is 6.67. The number of likely N-dealkylation sites (N-methyl/N-ethyl adjacent to an activating group) is 1. The first-order valence-electron chi connectivity index (χ1n) is 13.4. The molecule has 0 unspecified atom stereocenters. The van der Waals surface area contributed by atoms with Crippen LogP contribution in [0.25, 0.3) is 0 Å². The van der Waals surface area contributed by atoms with Crippen molar-refractivity contribution in [3.63, 3.8) is 0 Å². The van der Waals surface area contributed by atoms with E-state index in [1.807, 2.05) is 46.7 Å². The monoisotopic (exact) mass is 549 g/mol. The number of aromatic nitrogens is 1. The number of pyridine rings is 1. The van der Waals surface area contributed by atoms with E-state index < -0.39 is 17.2 Å². The van der Waals surface area contributed by atoms with Crippen LogP contribution in [0.5, 0.6) is 5.75 Å². The zero-order valence-corrected chi connectivity index (χ0v) is 22.3. The molecule has 4 atom stereocenters. The smallest absolute Gasteiger partial charge is 0.274 e. The van der Waals surface area contributed by atoms with Crippen LogP contribution in [0.3, 0.4) is 0 Å². The molecule has 2 bridgehead atoms. The summed E-state index contributed by atoms with van der Waals surface area (Å²) in [7, 11) is 0. The Morgan fingerprint density at radius 1 is 1.08 bits per heavy atom. The first-order valence-corrected chi connectivity index (χ1v) is 13.7. The van der Waals surface area contributed by atoms with Crippen LogP contribution < -0.4 is 15.5 Å². The molecule has 3 aliphatic rings. The average molecular weight is 550 g/mol. The van der Waals surface area contributed by atoms with Gasteiger partial charge in [0.05, 0.1) is 17.1 Å². The minimum atomic E-state index is -0.663. The first-order chi connectivity index (χ1) is 18.9. The van der Waals surface area contributed by atoms with Crippen molar-refractivity contribution < 1.29 is 18.7 Å². The molecule has 2 amide bonds. The van der Waals surface area contributed by atoms with E-state index in [9.17, 15) is 18.8 Å². The molecule has 3 aromatic rings. The van der Waals surface area contributed by atoms with Crippen LogP contribution in [0.4, 0.5) is 4.39 Å². The molecular weight excluding hydrogens is 521 g/mol. The highest BCUT2D eigenvalue weighted by Crippen LogP contribution is 2.55. The number of carbonyl (C=O) groups excluding carboxylic acids is 2. The Hall–Kier alpha value is -3.65. The zero-order chi connectivity index (χ0) is 27.3. The molecule has 2 saturated carbocycles. The minimum Gasteiger partial charge on any atom is -0.483 e. The predicted molar refractivity (Wildman–Crippen MR) is 144 cm³/mol. The van der Waals surface area contributed by atoms with Gasteiger partial charge in [-0.2, -0.15) is 0 Å². The second-order valence-corrected chi connectivity index (χ2v) is 10.9. The molecule has 9 heteroatoms. The normalized spacial score (nSPS) is 22.9. The number of rotatable bonds is 7. The van der Waals surface area contributed by atoms with Gasteiger partial charge in [-0.05, 0) is 49.7 Å². The summed E-state index contributed by atoms with van der Waals surface area (Å²) in [4.78, 5) is 42.9. The summed E-state index contributed by atoms with van der Waals surface area (Å²) in [5.74, 6) is -0.910. The summed E-state index contributed by atoms with van der Waals surface area (Å²) in [6, 6.07) is 13.9. The molecule has 1 aliphatic heterocycles. The van der Waals surface area contributed by atoms with E-state index in [1.165, 1.54) is 18.3 Å². The lowest BCUT2D eigenvalue weighted by atomic mass is 9.86. The Bertz CT molecular complexity index is 1510. The number of halogens is 2. The number of hydrogen-bond acceptors (Lipinski definition) is 4. The Morgan fingerprint density at radius 3 is 2.56 bits per heavy atom. The van der Waals surface area contributed by atoms with Crippen molar-refractivity contribution in [2.24, 2.45) is 11.8 Å². The lowest BCUT2D eigenvalue weighted by Gasteiger charge is -2.45. The summed E-state index contributed by atoms with van der Waals surface area (Å²) < 4.78 is 22.3. The fourth-order valence-electron chi connectivity index (χ4n) is 6.72. The molecule has 0 saturated heterocycles. The van der Waals surface area contributed by atoms with Crippen LogP contribution in [0, 0.1) is 17.7 Å². The fourth-order valence-corrected chi connectivity index (χ4v) is 6.91. The molecule has 6 rings (SSSR count). The molecular formula is C30H29ClFN3O4. The third-order valence-electron chi connectivity index (χ3n) is 8.45. The van der Waals surface area contributed by atoms with E-state index >= 15 is 0 Å². The third-order valence-corrected chi connectivity index (χ3v) is 8.74. The minimum absolute atomic E-state index is 0.0229. The predicted octanol–water partition coefficient (Wildman–Crippen LogP) is 4.97. The summed E-state index contributed by atoms with van der Waals surface area (Å²) in [6.45, 7) is 2.41. The maximum Gasteiger partial charge on any atom is 0.274 e. The highest BCUT2D eigenvalue weighted by molar-refractivity contribution is 6.30. The fraction of sp³-hybridized carbons (Fsp3) is 0.367. The molecule has 2 fully saturated rings. The number of nitrogens with zero attached hydrogens (tertiary/aromatic N) is 2. The van der Waals surface area contributed by atoms with Crippen LogP contribution in [-0.2, 0) is 13.2 Å². The molecule has 7 nitrogen and oxygen atoms in total. The molecule has 2 aromatic carbocycles. The highest BCUT2D eigenvalue weighted by Gasteiger charge is 2.55. The maximum atomic E-state index is 14.4. The SMILES string of the molecule is CCN1C(=O)c2c(OCc3ccccc3)c(=O)c(C(=O)NCc3cccc(Cl)c3F)cn2[C@H]2[C@@H]3CC[C@@H](C3)[C@H]21. The first kappa shape index (κ1) is 25.6. The van der Waals surface area contributed by atoms with Crippen molar-refractivity contribution in [2.75, 3.05) is 6.54 Å². The quantitative estimate of drug-likeness (QED) is 0.451. The second-order valence-electron chi connectivity index (χ2n) is 10.5. The van der Waals surface area contributed by atoms with E-state index in [-0.39, 0.29) is 58.7 Å². The number of carbonyl (C=O) groups is 2. The topological polar surface area (TPSA) is 80.6 Å². The molecule has 1 N–H and O–H groups in total. The summed E-state index contributed by atoms with van der Waals surface area (Å²) in [6.07, 6.45) is 4.64. The Morgan fingerprint density at radius 2 is 1.82 bits per heavy atom. The van der Waals surface area contributed by atoms with E-state index in [0.717, 1.165) is 24.8 Å². The Balaban J connectivity index is 1.42. The van der Waals surface area contributed by atoms with Gasteiger partial charge < -0.3 is 19.5 Å². The largest absolute Gasteiger partial charge is 0.483 e. The van der Waals surface area contributed by atoms with Crippen LogP contribution in [0.15, 0.2) is 59.5 Å². The van der Waals surface area contributed by atoms with Crippen molar-refractivity contribution >= 4 is 23.4 Å². The van der Waals surface area contributed by atoms with Crippen LogP contribution in [-0.4, -0.2) is 33.9 Å². The van der Waals surface area contributed by atoms with Crippen LogP contribution in [0.2, 0.25) is 5.02 Å². The van der Waals surface area contributed by atoms with Gasteiger partial charge in [-0.1, -0.05) is 54.1 Å². The van der Waals surface area contributed by atoms with Crippen LogP contribution in [0.1, 0.15) is 64.2 Å². The number of fused-ring (bicyclic) bond motifs is 7. The standard InChI is InChI=1S/C30H29ClFN3O4/c1-2-34-24-18-11-12-19(13-18)25(24)35-15-21(29(37)33-14-20-9-6-10-22(31)23(20)32)27(36)28(26(35)30(34)38)39-16-17-7-4-3-5-8-17/h3-10,15,18-19,24-25H,2,11-14,16H2,1H3,(H,33,37)/t18-,19+,24+,25-/m0/s1. The lowest BCUT2D eigenvalue weighted by Crippen LogP contribution is -2.54. The third kappa shape index (κ3) is 4.31. The van der Waals surface area contributed by atoms with Gasteiger partial charge in [0.25, 0.3) is 11.8 Å².